The molecular formula is C2H7AlCl2. The average Bonchev–Trinajstić information content (AvgIpc) is 0.918. The maximum atomic E-state index is 2.58. The van der Waals surface area contributed by atoms with Crippen molar-refractivity contribution in [3.63, 3.8) is 0 Å². The molecule has 0 aromatic heterocycles. The first-order valence-corrected chi connectivity index (χ1v) is 1.93. The van der Waals surface area contributed by atoms with Crippen molar-refractivity contribution in [3.05, 3.63) is 0 Å². The van der Waals surface area contributed by atoms with Crippen LogP contribution in [-0.4, -0.2) is 16.3 Å². The standard InChI is InChI=1S/C2H5.Al.2ClH/c1-2;;;/h1H2,2H3;;2*1H. The van der Waals surface area contributed by atoms with E-state index in [2.05, 4.69) is 23.2 Å². The minimum atomic E-state index is 0. The largest absolute Gasteiger partial charge is 0.147 e. The van der Waals surface area contributed by atoms with Gasteiger partial charge in [0.15, 0.2) is 0 Å². The molecule has 0 atom stereocenters. The van der Waals surface area contributed by atoms with Crippen molar-refractivity contribution in [1.82, 2.24) is 0 Å². The van der Waals surface area contributed by atoms with Gasteiger partial charge in [0.1, 0.15) is 16.3 Å². The minimum absolute atomic E-state index is 0. The van der Waals surface area contributed by atoms with E-state index in [0.29, 0.717) is 0 Å². The Bertz CT molecular complexity index is 7.61. The van der Waals surface area contributed by atoms with Gasteiger partial charge in [-0.05, 0) is 0 Å². The van der Waals surface area contributed by atoms with Crippen LogP contribution in [0.1, 0.15) is 6.92 Å². The Kier molecular flexibility index (Phi) is 63.9. The molecule has 3 heteroatoms. The molecule has 0 nitrogen and oxygen atoms in total. The summed E-state index contributed by atoms with van der Waals surface area (Å²) in [5, 5.41) is 1.17. The highest BCUT2D eigenvalue weighted by molar-refractivity contribution is 6.08. The number of hydrogen-bond acceptors (Lipinski definition) is 0. The van der Waals surface area contributed by atoms with Gasteiger partial charge in [-0.25, -0.2) is 0 Å². The summed E-state index contributed by atoms with van der Waals surface area (Å²) in [5.41, 5.74) is 0. The van der Waals surface area contributed by atoms with Gasteiger partial charge >= 0.3 is 0 Å². The maximum Gasteiger partial charge on any atom is 0.117 e. The summed E-state index contributed by atoms with van der Waals surface area (Å²) in [6.07, 6.45) is 0. The van der Waals surface area contributed by atoms with Crippen LogP contribution in [-0.2, 0) is 0 Å². The van der Waals surface area contributed by atoms with E-state index >= 15 is 0 Å². The molecule has 0 N–H and O–H groups in total. The summed E-state index contributed by atoms with van der Waals surface area (Å²) in [6, 6.07) is 0. The van der Waals surface area contributed by atoms with Gasteiger partial charge in [0, 0.05) is 0 Å². The molecule has 0 aliphatic rings. The Hall–Kier alpha value is 1.11. The molecular weight excluding hydrogens is 122 g/mol. The van der Waals surface area contributed by atoms with Crippen molar-refractivity contribution in [2.24, 2.45) is 0 Å². The zero-order valence-corrected chi connectivity index (χ0v) is 5.89. The molecule has 0 saturated carbocycles. The van der Waals surface area contributed by atoms with Crippen LogP contribution in [0.15, 0.2) is 0 Å². The molecule has 0 saturated heterocycles. The molecule has 0 rings (SSSR count). The van der Waals surface area contributed by atoms with Crippen LogP contribution in [0.3, 0.4) is 0 Å². The Morgan fingerprint density at radius 3 is 1.40 bits per heavy atom. The molecule has 0 heterocycles. The summed E-state index contributed by atoms with van der Waals surface area (Å²) >= 11 is 2.58. The Labute approximate surface area is 53.6 Å². The SMILES string of the molecule is C[CH2][Al].Cl.Cl. The van der Waals surface area contributed by atoms with Crippen molar-refractivity contribution in [1.29, 1.82) is 0 Å². The van der Waals surface area contributed by atoms with Crippen molar-refractivity contribution in [2.75, 3.05) is 0 Å². The first kappa shape index (κ1) is 16.5. The van der Waals surface area contributed by atoms with E-state index in [0.717, 1.165) is 0 Å². The van der Waals surface area contributed by atoms with E-state index in [1.54, 1.807) is 0 Å². The third-order valence-corrected chi connectivity index (χ3v) is 0. The maximum absolute atomic E-state index is 2.58. The van der Waals surface area contributed by atoms with Gasteiger partial charge in [-0.15, -0.1) is 30.1 Å². The normalized spacial score (nSPS) is 3.40. The average molecular weight is 129 g/mol. The van der Waals surface area contributed by atoms with Crippen molar-refractivity contribution >= 4 is 41.1 Å². The molecule has 32 valence electrons. The molecule has 0 spiro atoms. The fourth-order valence-corrected chi connectivity index (χ4v) is 0. The molecule has 0 aromatic rings. The van der Waals surface area contributed by atoms with Gasteiger partial charge in [-0.2, -0.15) is 0 Å². The second kappa shape index (κ2) is 19.4. The Morgan fingerprint density at radius 1 is 1.40 bits per heavy atom. The second-order valence-corrected chi connectivity index (χ2v) is 1.22. The molecule has 0 amide bonds. The molecule has 0 aliphatic heterocycles. The lowest BCUT2D eigenvalue weighted by Crippen LogP contribution is -1.41. The summed E-state index contributed by atoms with van der Waals surface area (Å²) in [7, 11) is 0. The van der Waals surface area contributed by atoms with Crippen LogP contribution in [0.25, 0.3) is 0 Å². The molecule has 0 aromatic carbocycles. The molecule has 0 unspecified atom stereocenters. The fourth-order valence-electron chi connectivity index (χ4n) is 0. The van der Waals surface area contributed by atoms with E-state index in [4.69, 9.17) is 0 Å². The van der Waals surface area contributed by atoms with E-state index < -0.39 is 0 Å². The Balaban J connectivity index is -0.0000000200. The predicted molar refractivity (Wildman–Crippen MR) is 30.7 cm³/mol. The summed E-state index contributed by atoms with van der Waals surface area (Å²) in [4.78, 5) is 0. The third kappa shape index (κ3) is 40.0. The predicted octanol–water partition coefficient (Wildman–Crippen LogP) is 1.44. The van der Waals surface area contributed by atoms with E-state index in [1.807, 2.05) is 0 Å². The highest BCUT2D eigenvalue weighted by atomic mass is 35.5. The van der Waals surface area contributed by atoms with Gasteiger partial charge in [0.05, 0.1) is 0 Å². The van der Waals surface area contributed by atoms with E-state index in [9.17, 15) is 0 Å². The van der Waals surface area contributed by atoms with Crippen molar-refractivity contribution in [3.8, 4) is 0 Å². The van der Waals surface area contributed by atoms with Crippen LogP contribution >= 0.6 is 24.8 Å². The minimum Gasteiger partial charge on any atom is -0.147 e. The highest BCUT2D eigenvalue weighted by Crippen LogP contribution is 1.49. The van der Waals surface area contributed by atoms with Gasteiger partial charge < -0.3 is 0 Å². The second-order valence-electron chi connectivity index (χ2n) is 0.408. The lowest BCUT2D eigenvalue weighted by atomic mass is 11.0. The van der Waals surface area contributed by atoms with Gasteiger partial charge in [0.2, 0.25) is 0 Å². The molecule has 5 heavy (non-hydrogen) atoms. The Morgan fingerprint density at radius 2 is 1.40 bits per heavy atom. The van der Waals surface area contributed by atoms with Gasteiger partial charge in [0.25, 0.3) is 0 Å². The van der Waals surface area contributed by atoms with Gasteiger partial charge in [-0.1, -0.05) is 6.92 Å². The van der Waals surface area contributed by atoms with Crippen LogP contribution in [0, 0.1) is 0 Å². The smallest absolute Gasteiger partial charge is 0.117 e. The fraction of sp³-hybridized carbons (Fsp3) is 1.00. The topological polar surface area (TPSA) is 0 Å². The lowest BCUT2D eigenvalue weighted by molar-refractivity contribution is 1.48. The number of rotatable bonds is 0. The molecule has 0 fully saturated rings. The van der Waals surface area contributed by atoms with Crippen LogP contribution < -0.4 is 0 Å². The first-order valence-electron chi connectivity index (χ1n) is 1.12. The van der Waals surface area contributed by atoms with Gasteiger partial charge in [-0.3, -0.25) is 0 Å². The van der Waals surface area contributed by atoms with E-state index in [-0.39, 0.29) is 24.8 Å². The van der Waals surface area contributed by atoms with Crippen molar-refractivity contribution in [2.45, 2.75) is 12.2 Å². The number of hydrogen-bond donors (Lipinski definition) is 0. The third-order valence-electron chi connectivity index (χ3n) is 0. The quantitative estimate of drug-likeness (QED) is 0.434. The van der Waals surface area contributed by atoms with Crippen LogP contribution in [0.5, 0.6) is 0 Å². The summed E-state index contributed by atoms with van der Waals surface area (Å²) < 4.78 is 0. The zero-order valence-electron chi connectivity index (χ0n) is 3.10. The van der Waals surface area contributed by atoms with Crippen molar-refractivity contribution < 1.29 is 0 Å². The lowest BCUT2D eigenvalue weighted by Gasteiger charge is -1.47. The van der Waals surface area contributed by atoms with Crippen LogP contribution in [0.2, 0.25) is 5.28 Å². The number of halogens is 2. The monoisotopic (exact) mass is 128 g/mol. The molecule has 0 aliphatic carbocycles. The zero-order chi connectivity index (χ0) is 2.71. The van der Waals surface area contributed by atoms with E-state index in [1.165, 1.54) is 5.28 Å². The molecule has 0 bridgehead atoms. The summed E-state index contributed by atoms with van der Waals surface area (Å²) in [6.45, 7) is 2.09. The van der Waals surface area contributed by atoms with Crippen LogP contribution in [0.4, 0.5) is 0 Å². The first-order chi connectivity index (χ1) is 1.41. The molecule has 2 radical (unpaired) electrons. The highest BCUT2D eigenvalue weighted by Gasteiger charge is 1.37. The summed E-state index contributed by atoms with van der Waals surface area (Å²) in [5.74, 6) is 0.